The largest absolute Gasteiger partial charge is 0.506 e. The predicted molar refractivity (Wildman–Crippen MR) is 105 cm³/mol. The van der Waals surface area contributed by atoms with Gasteiger partial charge in [-0.3, -0.25) is 4.79 Å². The third-order valence-electron chi connectivity index (χ3n) is 4.76. The molecule has 0 aliphatic carbocycles. The van der Waals surface area contributed by atoms with E-state index >= 15 is 0 Å². The first-order valence-corrected chi connectivity index (χ1v) is 10.5. The summed E-state index contributed by atoms with van der Waals surface area (Å²) in [5.41, 5.74) is 1.63. The summed E-state index contributed by atoms with van der Waals surface area (Å²) < 4.78 is 26.8. The van der Waals surface area contributed by atoms with Gasteiger partial charge in [0.25, 0.3) is 5.91 Å². The number of hydrogen-bond acceptors (Lipinski definition) is 4. The van der Waals surface area contributed by atoms with Crippen LogP contribution in [0.4, 0.5) is 5.69 Å². The first-order chi connectivity index (χ1) is 12.8. The maximum absolute atomic E-state index is 12.7. The van der Waals surface area contributed by atoms with Gasteiger partial charge in [0.15, 0.2) is 0 Å². The number of rotatable bonds is 5. The second-order valence-electron chi connectivity index (χ2n) is 7.02. The van der Waals surface area contributed by atoms with Crippen molar-refractivity contribution in [3.63, 3.8) is 0 Å². The van der Waals surface area contributed by atoms with Crippen LogP contribution in [0, 0.1) is 0 Å². The molecule has 144 valence electrons. The van der Waals surface area contributed by atoms with Crippen LogP contribution in [-0.4, -0.2) is 36.8 Å². The lowest BCUT2D eigenvalue weighted by atomic mass is 10.0. The Morgan fingerprint density at radius 2 is 1.70 bits per heavy atom. The summed E-state index contributed by atoms with van der Waals surface area (Å²) in [6, 6.07) is 11.2. The SMILES string of the molecule is CC(C)c1ccc(C(=O)Nc2cc(S(=O)(=O)N3CCCC3)ccc2O)cc1. The minimum absolute atomic E-state index is 0.0626. The zero-order valence-corrected chi connectivity index (χ0v) is 16.3. The summed E-state index contributed by atoms with van der Waals surface area (Å²) in [6.45, 7) is 5.12. The highest BCUT2D eigenvalue weighted by Gasteiger charge is 2.28. The molecule has 0 saturated carbocycles. The topological polar surface area (TPSA) is 86.7 Å². The van der Waals surface area contributed by atoms with Gasteiger partial charge in [0, 0.05) is 18.7 Å². The molecule has 0 aromatic heterocycles. The molecule has 1 aliphatic heterocycles. The second-order valence-corrected chi connectivity index (χ2v) is 8.96. The smallest absolute Gasteiger partial charge is 0.255 e. The van der Waals surface area contributed by atoms with Gasteiger partial charge in [0.1, 0.15) is 5.75 Å². The van der Waals surface area contributed by atoms with Crippen LogP contribution in [0.1, 0.15) is 48.5 Å². The third-order valence-corrected chi connectivity index (χ3v) is 6.65. The van der Waals surface area contributed by atoms with Crippen molar-refractivity contribution < 1.29 is 18.3 Å². The highest BCUT2D eigenvalue weighted by atomic mass is 32.2. The Labute approximate surface area is 159 Å². The molecule has 27 heavy (non-hydrogen) atoms. The number of nitrogens with one attached hydrogen (secondary N) is 1. The van der Waals surface area contributed by atoms with E-state index in [-0.39, 0.29) is 16.3 Å². The first-order valence-electron chi connectivity index (χ1n) is 9.03. The molecule has 1 amide bonds. The van der Waals surface area contributed by atoms with Crippen molar-refractivity contribution in [1.29, 1.82) is 0 Å². The normalized spacial score (nSPS) is 15.2. The van der Waals surface area contributed by atoms with Gasteiger partial charge < -0.3 is 10.4 Å². The fraction of sp³-hybridized carbons (Fsp3) is 0.350. The summed E-state index contributed by atoms with van der Waals surface area (Å²) in [7, 11) is -3.62. The van der Waals surface area contributed by atoms with E-state index in [1.807, 2.05) is 12.1 Å². The fourth-order valence-corrected chi connectivity index (χ4v) is 4.61. The van der Waals surface area contributed by atoms with E-state index < -0.39 is 15.9 Å². The van der Waals surface area contributed by atoms with Gasteiger partial charge in [-0.15, -0.1) is 0 Å². The highest BCUT2D eigenvalue weighted by Crippen LogP contribution is 2.29. The molecule has 0 bridgehead atoms. The molecule has 0 spiro atoms. The zero-order chi connectivity index (χ0) is 19.6. The van der Waals surface area contributed by atoms with Gasteiger partial charge >= 0.3 is 0 Å². The number of anilines is 1. The van der Waals surface area contributed by atoms with Crippen molar-refractivity contribution in [3.8, 4) is 5.75 Å². The Morgan fingerprint density at radius 1 is 1.07 bits per heavy atom. The van der Waals surface area contributed by atoms with Crippen molar-refractivity contribution in [3.05, 3.63) is 53.6 Å². The average Bonchev–Trinajstić information content (AvgIpc) is 3.19. The molecule has 1 fully saturated rings. The minimum atomic E-state index is -3.62. The molecule has 1 aliphatic rings. The summed E-state index contributed by atoms with van der Waals surface area (Å²) >= 11 is 0. The molecule has 0 radical (unpaired) electrons. The molecule has 3 rings (SSSR count). The molecule has 0 atom stereocenters. The van der Waals surface area contributed by atoms with Crippen LogP contribution < -0.4 is 5.32 Å². The van der Waals surface area contributed by atoms with Crippen LogP contribution in [0.5, 0.6) is 5.75 Å². The number of hydrogen-bond donors (Lipinski definition) is 2. The van der Waals surface area contributed by atoms with Gasteiger partial charge in [-0.1, -0.05) is 26.0 Å². The van der Waals surface area contributed by atoms with Gasteiger partial charge in [-0.25, -0.2) is 8.42 Å². The van der Waals surface area contributed by atoms with Gasteiger partial charge in [-0.2, -0.15) is 4.31 Å². The number of amides is 1. The Balaban J connectivity index is 1.83. The lowest BCUT2D eigenvalue weighted by molar-refractivity contribution is 0.102. The highest BCUT2D eigenvalue weighted by molar-refractivity contribution is 7.89. The molecular formula is C20H24N2O4S. The van der Waals surface area contributed by atoms with Gasteiger partial charge in [0.05, 0.1) is 10.6 Å². The number of carbonyl (C=O) groups excluding carboxylic acids is 1. The minimum Gasteiger partial charge on any atom is -0.506 e. The van der Waals surface area contributed by atoms with E-state index in [2.05, 4.69) is 19.2 Å². The van der Waals surface area contributed by atoms with Gasteiger partial charge in [-0.05, 0) is 54.7 Å². The van der Waals surface area contributed by atoms with Crippen LogP contribution in [0.2, 0.25) is 0 Å². The van der Waals surface area contributed by atoms with E-state index in [0.29, 0.717) is 24.6 Å². The van der Waals surface area contributed by atoms with E-state index in [9.17, 15) is 18.3 Å². The predicted octanol–water partition coefficient (Wildman–Crippen LogP) is 3.55. The summed E-state index contributed by atoms with van der Waals surface area (Å²) in [4.78, 5) is 12.5. The lowest BCUT2D eigenvalue weighted by Crippen LogP contribution is -2.28. The summed E-state index contributed by atoms with van der Waals surface area (Å²) in [5.74, 6) is -0.225. The van der Waals surface area contributed by atoms with Crippen molar-refractivity contribution in [2.75, 3.05) is 18.4 Å². The maximum atomic E-state index is 12.7. The average molecular weight is 388 g/mol. The van der Waals surface area contributed by atoms with Crippen molar-refractivity contribution in [2.45, 2.75) is 37.5 Å². The van der Waals surface area contributed by atoms with E-state index in [1.54, 1.807) is 12.1 Å². The van der Waals surface area contributed by atoms with Crippen LogP contribution in [0.15, 0.2) is 47.4 Å². The number of aromatic hydroxyl groups is 1. The molecule has 1 heterocycles. The third kappa shape index (κ3) is 4.14. The number of phenolic OH excluding ortho intramolecular Hbond substituents is 1. The van der Waals surface area contributed by atoms with Gasteiger partial charge in [0.2, 0.25) is 10.0 Å². The number of phenols is 1. The standard InChI is InChI=1S/C20H24N2O4S/c1-14(2)15-5-7-16(8-6-15)20(24)21-18-13-17(9-10-19(18)23)27(25,26)22-11-3-4-12-22/h5-10,13-14,23H,3-4,11-12H2,1-2H3,(H,21,24). The summed E-state index contributed by atoms with van der Waals surface area (Å²) in [6.07, 6.45) is 1.68. The molecule has 2 N–H and O–H groups in total. The first kappa shape index (κ1) is 19.4. The second kappa shape index (κ2) is 7.70. The maximum Gasteiger partial charge on any atom is 0.255 e. The summed E-state index contributed by atoms with van der Waals surface area (Å²) in [5, 5.41) is 12.7. The van der Waals surface area contributed by atoms with E-state index in [1.165, 1.54) is 22.5 Å². The van der Waals surface area contributed by atoms with Crippen molar-refractivity contribution >= 4 is 21.6 Å². The Bertz CT molecular complexity index is 931. The zero-order valence-electron chi connectivity index (χ0n) is 15.5. The van der Waals surface area contributed by atoms with Crippen LogP contribution in [0.3, 0.4) is 0 Å². The van der Waals surface area contributed by atoms with Crippen LogP contribution in [0.25, 0.3) is 0 Å². The Hall–Kier alpha value is -2.38. The number of carbonyl (C=O) groups is 1. The van der Waals surface area contributed by atoms with E-state index in [4.69, 9.17) is 0 Å². The molecule has 6 nitrogen and oxygen atoms in total. The van der Waals surface area contributed by atoms with Crippen LogP contribution >= 0.6 is 0 Å². The number of benzene rings is 2. The molecule has 7 heteroatoms. The molecule has 1 saturated heterocycles. The molecule has 0 unspecified atom stereocenters. The van der Waals surface area contributed by atoms with E-state index in [0.717, 1.165) is 18.4 Å². The molecule has 2 aromatic rings. The van der Waals surface area contributed by atoms with Crippen LogP contribution in [-0.2, 0) is 10.0 Å². The molecule has 2 aromatic carbocycles. The lowest BCUT2D eigenvalue weighted by Gasteiger charge is -2.17. The fourth-order valence-electron chi connectivity index (χ4n) is 3.07. The molecular weight excluding hydrogens is 364 g/mol. The Morgan fingerprint density at radius 3 is 2.30 bits per heavy atom. The van der Waals surface area contributed by atoms with Crippen molar-refractivity contribution in [1.82, 2.24) is 4.31 Å². The monoisotopic (exact) mass is 388 g/mol. The Kier molecular flexibility index (Phi) is 5.53. The number of nitrogens with zero attached hydrogens (tertiary/aromatic N) is 1. The van der Waals surface area contributed by atoms with Crippen molar-refractivity contribution in [2.24, 2.45) is 0 Å². The number of sulfonamides is 1. The quantitative estimate of drug-likeness (QED) is 0.767.